The van der Waals surface area contributed by atoms with Crippen LogP contribution in [0.4, 0.5) is 0 Å². The highest BCUT2D eigenvalue weighted by molar-refractivity contribution is 6.64. The highest BCUT2D eigenvalue weighted by Gasteiger charge is 2.12. The van der Waals surface area contributed by atoms with Crippen molar-refractivity contribution < 1.29 is 0 Å². The second-order valence-corrected chi connectivity index (χ2v) is 7.07. The summed E-state index contributed by atoms with van der Waals surface area (Å²) in [5, 5.41) is 0.731. The molecule has 0 unspecified atom stereocenters. The number of nitrogens with zero attached hydrogens (tertiary/aromatic N) is 2. The Bertz CT molecular complexity index is 279. The van der Waals surface area contributed by atoms with E-state index in [4.69, 9.17) is 11.6 Å². The molecular weight excluding hydrogens is 292 g/mol. The number of unbranched alkanes of at least 4 members (excludes halogenated alkanes) is 13. The molecule has 0 radical (unpaired) electrons. The molecule has 0 aromatic carbocycles. The maximum atomic E-state index is 6.01. The number of halogens is 1. The zero-order valence-corrected chi connectivity index (χ0v) is 15.5. The van der Waals surface area contributed by atoms with E-state index in [9.17, 15) is 0 Å². The van der Waals surface area contributed by atoms with Crippen molar-refractivity contribution >= 4 is 16.9 Å². The zero-order valence-electron chi connectivity index (χ0n) is 14.8. The van der Waals surface area contributed by atoms with Crippen LogP contribution in [0.2, 0.25) is 0 Å². The monoisotopic (exact) mass is 328 g/mol. The molecule has 0 aromatic heterocycles. The van der Waals surface area contributed by atoms with Gasteiger partial charge in [0, 0.05) is 13.1 Å². The molecule has 1 heterocycles. The highest BCUT2D eigenvalue weighted by atomic mass is 35.5. The van der Waals surface area contributed by atoms with E-state index < -0.39 is 0 Å². The molecular formula is C19H37ClN2. The molecule has 1 aliphatic heterocycles. The van der Waals surface area contributed by atoms with Gasteiger partial charge in [-0.1, -0.05) is 90.4 Å². The molecule has 0 saturated heterocycles. The number of hydrogen-bond donors (Lipinski definition) is 0. The van der Waals surface area contributed by atoms with Gasteiger partial charge in [0.2, 0.25) is 0 Å². The van der Waals surface area contributed by atoms with Gasteiger partial charge in [0.1, 0.15) is 0 Å². The third-order valence-corrected chi connectivity index (χ3v) is 5.01. The maximum Gasteiger partial charge on any atom is 0.194 e. The summed E-state index contributed by atoms with van der Waals surface area (Å²) in [5.41, 5.74) is 0. The van der Waals surface area contributed by atoms with Crippen LogP contribution >= 0.6 is 11.6 Å². The van der Waals surface area contributed by atoms with Crippen LogP contribution in [0.3, 0.4) is 0 Å². The summed E-state index contributed by atoms with van der Waals surface area (Å²) in [4.78, 5) is 6.42. The molecule has 2 nitrogen and oxygen atoms in total. The molecule has 0 aliphatic carbocycles. The van der Waals surface area contributed by atoms with Crippen LogP contribution in [-0.4, -0.2) is 29.8 Å². The van der Waals surface area contributed by atoms with Crippen LogP contribution in [0.5, 0.6) is 0 Å². The summed E-state index contributed by atoms with van der Waals surface area (Å²) < 4.78 is 0. The smallest absolute Gasteiger partial charge is 0.194 e. The molecule has 1 rings (SSSR count). The fourth-order valence-electron chi connectivity index (χ4n) is 3.16. The van der Waals surface area contributed by atoms with Gasteiger partial charge in [0.25, 0.3) is 0 Å². The van der Waals surface area contributed by atoms with E-state index in [1.807, 2.05) is 0 Å². The van der Waals surface area contributed by atoms with Crippen molar-refractivity contribution in [3.05, 3.63) is 0 Å². The predicted molar refractivity (Wildman–Crippen MR) is 100 cm³/mol. The maximum absolute atomic E-state index is 6.01. The molecule has 3 heteroatoms. The molecule has 0 amide bonds. The second-order valence-electron chi connectivity index (χ2n) is 6.73. The van der Waals surface area contributed by atoms with Crippen LogP contribution in [0.15, 0.2) is 4.99 Å². The lowest BCUT2D eigenvalue weighted by atomic mass is 10.0. The molecule has 0 spiro atoms. The van der Waals surface area contributed by atoms with Gasteiger partial charge < -0.3 is 4.90 Å². The van der Waals surface area contributed by atoms with Gasteiger partial charge >= 0.3 is 0 Å². The van der Waals surface area contributed by atoms with E-state index in [1.165, 1.54) is 89.9 Å². The van der Waals surface area contributed by atoms with Crippen LogP contribution in [0, 0.1) is 0 Å². The first-order valence-corrected chi connectivity index (χ1v) is 10.2. The molecule has 0 bridgehead atoms. The van der Waals surface area contributed by atoms with Crippen molar-refractivity contribution in [1.82, 2.24) is 4.90 Å². The molecule has 130 valence electrons. The van der Waals surface area contributed by atoms with Crippen molar-refractivity contribution in [2.24, 2.45) is 4.99 Å². The van der Waals surface area contributed by atoms with Gasteiger partial charge in [-0.15, -0.1) is 0 Å². The van der Waals surface area contributed by atoms with Gasteiger partial charge in [-0.2, -0.15) is 0 Å². The Balaban J connectivity index is 1.70. The lowest BCUT2D eigenvalue weighted by Crippen LogP contribution is -2.25. The first-order chi connectivity index (χ1) is 10.8. The van der Waals surface area contributed by atoms with Crippen molar-refractivity contribution in [3.63, 3.8) is 0 Å². The fourth-order valence-corrected chi connectivity index (χ4v) is 3.41. The largest absolute Gasteiger partial charge is 0.345 e. The number of rotatable bonds is 15. The second kappa shape index (κ2) is 14.4. The Morgan fingerprint density at radius 1 is 0.773 bits per heavy atom. The van der Waals surface area contributed by atoms with Gasteiger partial charge in [0.15, 0.2) is 5.29 Å². The standard InChI is InChI=1S/C19H37ClN2/c1-2-3-4-5-6-7-8-9-10-11-12-13-14-15-17-22-18-16-21-19(22)20/h2-18H2,1H3. The Morgan fingerprint density at radius 2 is 1.23 bits per heavy atom. The summed E-state index contributed by atoms with van der Waals surface area (Å²) in [5.74, 6) is 0. The average molecular weight is 329 g/mol. The van der Waals surface area contributed by atoms with E-state index in [0.29, 0.717) is 0 Å². The Hall–Kier alpha value is -0.240. The van der Waals surface area contributed by atoms with Crippen molar-refractivity contribution in [2.45, 2.75) is 96.8 Å². The summed E-state index contributed by atoms with van der Waals surface area (Å²) >= 11 is 6.01. The molecule has 0 aromatic rings. The van der Waals surface area contributed by atoms with Crippen LogP contribution in [0.1, 0.15) is 96.8 Å². The van der Waals surface area contributed by atoms with Crippen molar-refractivity contribution in [3.8, 4) is 0 Å². The number of amidine groups is 1. The normalized spacial score (nSPS) is 14.6. The van der Waals surface area contributed by atoms with Crippen LogP contribution in [-0.2, 0) is 0 Å². The Morgan fingerprint density at radius 3 is 1.64 bits per heavy atom. The van der Waals surface area contributed by atoms with E-state index in [2.05, 4.69) is 16.8 Å². The minimum absolute atomic E-state index is 0.731. The predicted octanol–water partition coefficient (Wildman–Crippen LogP) is 6.38. The first kappa shape index (κ1) is 19.8. The molecule has 0 saturated carbocycles. The zero-order chi connectivity index (χ0) is 15.9. The summed E-state index contributed by atoms with van der Waals surface area (Å²) in [6, 6.07) is 0. The van der Waals surface area contributed by atoms with Gasteiger partial charge in [-0.25, -0.2) is 0 Å². The van der Waals surface area contributed by atoms with Crippen LogP contribution < -0.4 is 0 Å². The summed E-state index contributed by atoms with van der Waals surface area (Å²) in [6.45, 7) is 5.30. The van der Waals surface area contributed by atoms with E-state index in [1.54, 1.807) is 0 Å². The SMILES string of the molecule is CCCCCCCCCCCCCCCCN1CCN=C1Cl. The average Bonchev–Trinajstić information content (AvgIpc) is 2.93. The van der Waals surface area contributed by atoms with Gasteiger partial charge in [0.05, 0.1) is 6.54 Å². The van der Waals surface area contributed by atoms with Crippen LogP contribution in [0.25, 0.3) is 0 Å². The third kappa shape index (κ3) is 10.5. The van der Waals surface area contributed by atoms with Gasteiger partial charge in [-0.3, -0.25) is 4.99 Å². The summed E-state index contributed by atoms with van der Waals surface area (Å²) in [6.07, 6.45) is 19.8. The summed E-state index contributed by atoms with van der Waals surface area (Å²) in [7, 11) is 0. The first-order valence-electron chi connectivity index (χ1n) is 9.79. The quantitative estimate of drug-likeness (QED) is 0.251. The third-order valence-electron chi connectivity index (χ3n) is 4.65. The molecule has 0 fully saturated rings. The fraction of sp³-hybridized carbons (Fsp3) is 0.947. The lowest BCUT2D eigenvalue weighted by Gasteiger charge is -2.15. The van der Waals surface area contributed by atoms with E-state index >= 15 is 0 Å². The number of aliphatic imine (C=N–C) groups is 1. The van der Waals surface area contributed by atoms with Crippen molar-refractivity contribution in [2.75, 3.05) is 19.6 Å². The minimum atomic E-state index is 0.731. The van der Waals surface area contributed by atoms with E-state index in [0.717, 1.165) is 24.9 Å². The van der Waals surface area contributed by atoms with Crippen molar-refractivity contribution in [1.29, 1.82) is 0 Å². The van der Waals surface area contributed by atoms with E-state index in [-0.39, 0.29) is 0 Å². The number of hydrogen-bond acceptors (Lipinski definition) is 2. The Kier molecular flexibility index (Phi) is 12.9. The highest BCUT2D eigenvalue weighted by Crippen LogP contribution is 2.13. The topological polar surface area (TPSA) is 15.6 Å². The lowest BCUT2D eigenvalue weighted by molar-refractivity contribution is 0.434. The molecule has 1 aliphatic rings. The minimum Gasteiger partial charge on any atom is -0.345 e. The Labute approximate surface area is 143 Å². The molecule has 0 atom stereocenters. The van der Waals surface area contributed by atoms with Gasteiger partial charge in [-0.05, 0) is 18.0 Å². The molecule has 22 heavy (non-hydrogen) atoms. The molecule has 0 N–H and O–H groups in total.